The number of carbonyl (C=O) groups excluding carboxylic acids is 1. The van der Waals surface area contributed by atoms with Crippen LogP contribution in [-0.4, -0.2) is 21.4 Å². The molecule has 0 aliphatic heterocycles. The van der Waals surface area contributed by atoms with Crippen molar-refractivity contribution in [3.8, 4) is 11.1 Å². The van der Waals surface area contributed by atoms with Crippen LogP contribution < -0.4 is 0 Å². The van der Waals surface area contributed by atoms with Gasteiger partial charge >= 0.3 is 5.97 Å². The summed E-state index contributed by atoms with van der Waals surface area (Å²) in [6, 6.07) is 15.9. The molecule has 1 unspecified atom stereocenters. The summed E-state index contributed by atoms with van der Waals surface area (Å²) in [5, 5.41) is 2.71. The third-order valence-corrected chi connectivity index (χ3v) is 12.2. The van der Waals surface area contributed by atoms with Crippen LogP contribution in [0.5, 0.6) is 0 Å². The summed E-state index contributed by atoms with van der Waals surface area (Å²) in [5.41, 5.74) is 3.73. The lowest BCUT2D eigenvalue weighted by Crippen LogP contribution is -2.43. The molecule has 3 aromatic rings. The van der Waals surface area contributed by atoms with Gasteiger partial charge in [-0.15, -0.1) is 0 Å². The molecule has 0 radical (unpaired) electrons. The highest BCUT2D eigenvalue weighted by molar-refractivity contribution is 9.10. The molecule has 0 aliphatic rings. The first-order valence-corrected chi connectivity index (χ1v) is 14.7. The number of fused-ring (bicyclic) bond motifs is 1. The van der Waals surface area contributed by atoms with Gasteiger partial charge in [-0.25, -0.2) is 4.79 Å². The van der Waals surface area contributed by atoms with Crippen molar-refractivity contribution in [2.75, 3.05) is 7.11 Å². The Bertz CT molecular complexity index is 1150. The molecular formula is C26H30BrClO3Si. The second-order valence-corrected chi connectivity index (χ2v) is 15.5. The highest BCUT2D eigenvalue weighted by atomic mass is 79.9. The Kier molecular flexibility index (Phi) is 7.25. The van der Waals surface area contributed by atoms with Crippen LogP contribution in [0.1, 0.15) is 38.0 Å². The lowest BCUT2D eigenvalue weighted by atomic mass is 9.87. The van der Waals surface area contributed by atoms with Crippen molar-refractivity contribution in [1.82, 2.24) is 0 Å². The SMILES string of the molecule is COC(=O)C(O[Si](C)(C)C(C)(C)C)c1c(C)c(Br)c2ccccc2c1-c1ccc(Cl)cc1. The molecule has 6 heteroatoms. The zero-order valence-electron chi connectivity index (χ0n) is 19.7. The summed E-state index contributed by atoms with van der Waals surface area (Å²) in [5.74, 6) is -0.393. The van der Waals surface area contributed by atoms with Gasteiger partial charge < -0.3 is 9.16 Å². The first-order chi connectivity index (χ1) is 14.9. The van der Waals surface area contributed by atoms with E-state index in [-0.39, 0.29) is 5.04 Å². The van der Waals surface area contributed by atoms with Gasteiger partial charge in [0.1, 0.15) is 0 Å². The zero-order chi connectivity index (χ0) is 23.8. The molecule has 3 rings (SSSR count). The van der Waals surface area contributed by atoms with Crippen LogP contribution in [0.2, 0.25) is 23.2 Å². The Morgan fingerprint density at radius 2 is 1.59 bits per heavy atom. The van der Waals surface area contributed by atoms with Crippen molar-refractivity contribution in [3.05, 3.63) is 69.2 Å². The number of carbonyl (C=O) groups is 1. The molecule has 0 heterocycles. The van der Waals surface area contributed by atoms with Gasteiger partial charge in [-0.05, 0) is 80.6 Å². The number of hydrogen-bond donors (Lipinski definition) is 0. The highest BCUT2D eigenvalue weighted by Gasteiger charge is 2.43. The van der Waals surface area contributed by atoms with Crippen molar-refractivity contribution < 1.29 is 14.0 Å². The fraction of sp³-hybridized carbons (Fsp3) is 0.346. The van der Waals surface area contributed by atoms with Crippen LogP contribution in [0, 0.1) is 6.92 Å². The van der Waals surface area contributed by atoms with Crippen molar-refractivity contribution in [2.45, 2.75) is 51.9 Å². The maximum absolute atomic E-state index is 13.2. The van der Waals surface area contributed by atoms with Gasteiger partial charge in [-0.1, -0.05) is 68.8 Å². The zero-order valence-corrected chi connectivity index (χ0v) is 23.0. The second kappa shape index (κ2) is 9.30. The number of esters is 1. The maximum Gasteiger partial charge on any atom is 0.338 e. The summed E-state index contributed by atoms with van der Waals surface area (Å²) < 4.78 is 12.9. The fourth-order valence-corrected chi connectivity index (χ4v) is 5.45. The minimum absolute atomic E-state index is 0.0678. The molecule has 0 aromatic heterocycles. The molecule has 3 aromatic carbocycles. The largest absolute Gasteiger partial charge is 0.467 e. The van der Waals surface area contributed by atoms with E-state index in [0.29, 0.717) is 5.02 Å². The Morgan fingerprint density at radius 3 is 2.12 bits per heavy atom. The summed E-state index contributed by atoms with van der Waals surface area (Å²) in [6.45, 7) is 12.8. The number of hydrogen-bond acceptors (Lipinski definition) is 3. The standard InChI is InChI=1S/C26H30BrClO3Si/c1-16-21(24(25(29)30-5)31-32(6,7)26(2,3)4)22(17-12-14-18(28)15-13-17)19-10-8-9-11-20(19)23(16)27/h8-15,24H,1-7H3. The lowest BCUT2D eigenvalue weighted by Gasteiger charge is -2.39. The number of benzene rings is 3. The molecule has 0 saturated carbocycles. The topological polar surface area (TPSA) is 35.5 Å². The van der Waals surface area contributed by atoms with Crippen molar-refractivity contribution in [2.24, 2.45) is 0 Å². The van der Waals surface area contributed by atoms with Crippen LogP contribution in [0.25, 0.3) is 21.9 Å². The van der Waals surface area contributed by atoms with Gasteiger partial charge in [0.2, 0.25) is 0 Å². The van der Waals surface area contributed by atoms with Crippen LogP contribution in [0.4, 0.5) is 0 Å². The third kappa shape index (κ3) is 4.67. The summed E-state index contributed by atoms with van der Waals surface area (Å²) in [4.78, 5) is 13.2. The minimum atomic E-state index is -2.31. The van der Waals surface area contributed by atoms with E-state index in [1.54, 1.807) is 0 Å². The summed E-state index contributed by atoms with van der Waals surface area (Å²) >= 11 is 9.98. The van der Waals surface area contributed by atoms with E-state index >= 15 is 0 Å². The molecule has 0 spiro atoms. The maximum atomic E-state index is 13.2. The van der Waals surface area contributed by atoms with E-state index < -0.39 is 20.4 Å². The summed E-state index contributed by atoms with van der Waals surface area (Å²) in [6.07, 6.45) is -0.840. The van der Waals surface area contributed by atoms with Gasteiger partial charge in [0.25, 0.3) is 0 Å². The Hall–Kier alpha value is -1.66. The fourth-order valence-electron chi connectivity index (χ4n) is 3.60. The minimum Gasteiger partial charge on any atom is -0.467 e. The highest BCUT2D eigenvalue weighted by Crippen LogP contribution is 2.46. The molecule has 0 amide bonds. The van der Waals surface area contributed by atoms with E-state index in [9.17, 15) is 4.79 Å². The van der Waals surface area contributed by atoms with Gasteiger partial charge in [-0.3, -0.25) is 0 Å². The number of rotatable bonds is 5. The quantitative estimate of drug-likeness (QED) is 0.244. The van der Waals surface area contributed by atoms with Gasteiger partial charge in [0.05, 0.1) is 7.11 Å². The molecule has 170 valence electrons. The number of methoxy groups -OCH3 is 1. The third-order valence-electron chi connectivity index (χ3n) is 6.46. The molecule has 0 saturated heterocycles. The Labute approximate surface area is 205 Å². The van der Waals surface area contributed by atoms with Gasteiger partial charge in [0, 0.05) is 15.1 Å². The molecule has 0 fully saturated rings. The van der Waals surface area contributed by atoms with Crippen LogP contribution in [0.3, 0.4) is 0 Å². The number of ether oxygens (including phenoxy) is 1. The van der Waals surface area contributed by atoms with Gasteiger partial charge in [-0.2, -0.15) is 0 Å². The predicted molar refractivity (Wildman–Crippen MR) is 140 cm³/mol. The average molecular weight is 534 g/mol. The van der Waals surface area contributed by atoms with Crippen molar-refractivity contribution >= 4 is 52.6 Å². The second-order valence-electron chi connectivity index (χ2n) is 9.56. The number of halogens is 2. The van der Waals surface area contributed by atoms with E-state index in [0.717, 1.165) is 37.5 Å². The summed E-state index contributed by atoms with van der Waals surface area (Å²) in [7, 11) is -0.893. The lowest BCUT2D eigenvalue weighted by molar-refractivity contribution is -0.149. The molecule has 0 aliphatic carbocycles. The first-order valence-electron chi connectivity index (χ1n) is 10.6. The molecule has 3 nitrogen and oxygen atoms in total. The van der Waals surface area contributed by atoms with Crippen molar-refractivity contribution in [1.29, 1.82) is 0 Å². The van der Waals surface area contributed by atoms with Crippen LogP contribution >= 0.6 is 27.5 Å². The van der Waals surface area contributed by atoms with Crippen LogP contribution in [-0.2, 0) is 14.0 Å². The smallest absolute Gasteiger partial charge is 0.338 e. The van der Waals surface area contributed by atoms with E-state index in [1.807, 2.05) is 43.3 Å². The molecule has 0 N–H and O–H groups in total. The molecule has 0 bridgehead atoms. The van der Waals surface area contributed by atoms with E-state index in [4.69, 9.17) is 20.8 Å². The Balaban J connectivity index is 2.41. The van der Waals surface area contributed by atoms with E-state index in [2.05, 4.69) is 61.9 Å². The monoisotopic (exact) mass is 532 g/mol. The van der Waals surface area contributed by atoms with E-state index in [1.165, 1.54) is 7.11 Å². The molecule has 32 heavy (non-hydrogen) atoms. The van der Waals surface area contributed by atoms with Crippen LogP contribution in [0.15, 0.2) is 53.0 Å². The average Bonchev–Trinajstić information content (AvgIpc) is 2.74. The predicted octanol–water partition coefficient (Wildman–Crippen LogP) is 8.47. The Morgan fingerprint density at radius 1 is 1.03 bits per heavy atom. The van der Waals surface area contributed by atoms with Crippen molar-refractivity contribution in [3.63, 3.8) is 0 Å². The normalized spacial score (nSPS) is 13.3. The van der Waals surface area contributed by atoms with Gasteiger partial charge in [0.15, 0.2) is 14.4 Å². The first kappa shape index (κ1) is 25.0. The molecule has 1 atom stereocenters. The molecular weight excluding hydrogens is 504 g/mol.